The van der Waals surface area contributed by atoms with Gasteiger partial charge in [0.2, 0.25) is 0 Å². The van der Waals surface area contributed by atoms with E-state index in [1.54, 1.807) is 0 Å². The molecule has 0 N–H and O–H groups in total. The summed E-state index contributed by atoms with van der Waals surface area (Å²) in [6.07, 6.45) is 0. The maximum absolute atomic E-state index is 11.4. The van der Waals surface area contributed by atoms with Crippen LogP contribution in [0.2, 0.25) is 0 Å². The van der Waals surface area contributed by atoms with Gasteiger partial charge < -0.3 is 4.74 Å². The Morgan fingerprint density at radius 3 is 2.92 bits per heavy atom. The molecule has 0 amide bonds. The highest BCUT2D eigenvalue weighted by Gasteiger charge is 2.22. The van der Waals surface area contributed by atoms with Crippen molar-refractivity contribution in [3.8, 4) is 0 Å². The van der Waals surface area contributed by atoms with Gasteiger partial charge in [0.1, 0.15) is 11.4 Å². The third-order valence-electron chi connectivity index (χ3n) is 2.11. The average molecular weight is 241 g/mol. The quantitative estimate of drug-likeness (QED) is 0.651. The van der Waals surface area contributed by atoms with Gasteiger partial charge in [0.05, 0.1) is 6.61 Å². The van der Waals surface area contributed by atoms with Crippen molar-refractivity contribution in [2.75, 3.05) is 6.61 Å². The Balaban J connectivity index is 2.46. The number of hydrogen-bond donors (Lipinski definition) is 0. The molecule has 13 heavy (non-hydrogen) atoms. The third-order valence-corrected chi connectivity index (χ3v) is 3.12. The number of halogens is 1. The fourth-order valence-corrected chi connectivity index (χ4v) is 2.00. The van der Waals surface area contributed by atoms with Crippen molar-refractivity contribution in [1.82, 2.24) is 0 Å². The summed E-state index contributed by atoms with van der Waals surface area (Å²) >= 11 is 3.37. The van der Waals surface area contributed by atoms with Gasteiger partial charge in [0, 0.05) is 0 Å². The van der Waals surface area contributed by atoms with Crippen LogP contribution in [-0.2, 0) is 16.1 Å². The standard InChI is InChI=1S/C10H9BrO2/c11-10-8-4-2-1-3-7(8)5-13-6-9(10)12/h1-4,10H,5-6H2. The van der Waals surface area contributed by atoms with Crippen molar-refractivity contribution in [2.45, 2.75) is 11.4 Å². The van der Waals surface area contributed by atoms with Gasteiger partial charge in [-0.15, -0.1) is 0 Å². The summed E-state index contributed by atoms with van der Waals surface area (Å²) < 4.78 is 5.22. The topological polar surface area (TPSA) is 26.3 Å². The second-order valence-corrected chi connectivity index (χ2v) is 3.94. The van der Waals surface area contributed by atoms with Crippen LogP contribution in [0, 0.1) is 0 Å². The molecule has 68 valence electrons. The molecular weight excluding hydrogens is 232 g/mol. The van der Waals surface area contributed by atoms with Crippen LogP contribution >= 0.6 is 15.9 Å². The maximum Gasteiger partial charge on any atom is 0.176 e. The van der Waals surface area contributed by atoms with E-state index < -0.39 is 0 Å². The average Bonchev–Trinajstić information content (AvgIpc) is 2.29. The van der Waals surface area contributed by atoms with Crippen molar-refractivity contribution in [2.24, 2.45) is 0 Å². The van der Waals surface area contributed by atoms with E-state index >= 15 is 0 Å². The highest BCUT2D eigenvalue weighted by atomic mass is 79.9. The maximum atomic E-state index is 11.4. The number of ketones is 1. The summed E-state index contributed by atoms with van der Waals surface area (Å²) in [4.78, 5) is 11.2. The Bertz CT molecular complexity index is 335. The van der Waals surface area contributed by atoms with Crippen LogP contribution in [0.4, 0.5) is 0 Å². The molecule has 0 bridgehead atoms. The minimum absolute atomic E-state index is 0.0879. The van der Waals surface area contributed by atoms with Crippen molar-refractivity contribution in [3.63, 3.8) is 0 Å². The van der Waals surface area contributed by atoms with E-state index in [0.717, 1.165) is 11.1 Å². The van der Waals surface area contributed by atoms with Gasteiger partial charge in [-0.2, -0.15) is 0 Å². The molecule has 0 saturated heterocycles. The highest BCUT2D eigenvalue weighted by Crippen LogP contribution is 2.29. The lowest BCUT2D eigenvalue weighted by atomic mass is 10.0. The Kier molecular flexibility index (Phi) is 2.47. The summed E-state index contributed by atoms with van der Waals surface area (Å²) in [5.74, 6) is 0.0879. The molecule has 2 rings (SSSR count). The normalized spacial score (nSPS) is 22.2. The van der Waals surface area contributed by atoms with Gasteiger partial charge in [0.25, 0.3) is 0 Å². The van der Waals surface area contributed by atoms with Crippen molar-refractivity contribution in [3.05, 3.63) is 35.4 Å². The van der Waals surface area contributed by atoms with Gasteiger partial charge in [-0.1, -0.05) is 40.2 Å². The second-order valence-electron chi connectivity index (χ2n) is 3.02. The number of ether oxygens (including phenoxy) is 1. The largest absolute Gasteiger partial charge is 0.369 e. The van der Waals surface area contributed by atoms with E-state index in [9.17, 15) is 4.79 Å². The fourth-order valence-electron chi connectivity index (χ4n) is 1.42. The predicted octanol–water partition coefficient (Wildman–Crippen LogP) is 2.22. The molecule has 0 spiro atoms. The lowest BCUT2D eigenvalue weighted by Gasteiger charge is -2.07. The van der Waals surface area contributed by atoms with E-state index in [0.29, 0.717) is 6.61 Å². The molecule has 0 saturated carbocycles. The molecule has 1 unspecified atom stereocenters. The number of fused-ring (bicyclic) bond motifs is 1. The first kappa shape index (κ1) is 8.91. The molecule has 1 aromatic rings. The number of Topliss-reactive ketones (excluding diaryl/α,β-unsaturated/α-hetero) is 1. The molecule has 0 aliphatic carbocycles. The van der Waals surface area contributed by atoms with Gasteiger partial charge in [-0.05, 0) is 11.1 Å². The predicted molar refractivity (Wildman–Crippen MR) is 52.8 cm³/mol. The van der Waals surface area contributed by atoms with Crippen molar-refractivity contribution >= 4 is 21.7 Å². The number of carbonyl (C=O) groups excluding carboxylic acids is 1. The lowest BCUT2D eigenvalue weighted by Crippen LogP contribution is -2.09. The van der Waals surface area contributed by atoms with E-state index in [4.69, 9.17) is 4.74 Å². The van der Waals surface area contributed by atoms with Gasteiger partial charge in [0.15, 0.2) is 5.78 Å². The number of hydrogen-bond acceptors (Lipinski definition) is 2. The molecule has 2 nitrogen and oxygen atoms in total. The molecular formula is C10H9BrO2. The zero-order chi connectivity index (χ0) is 9.26. The first-order chi connectivity index (χ1) is 6.29. The summed E-state index contributed by atoms with van der Waals surface area (Å²) in [6, 6.07) is 7.84. The minimum atomic E-state index is -0.203. The lowest BCUT2D eigenvalue weighted by molar-refractivity contribution is -0.122. The SMILES string of the molecule is O=C1COCc2ccccc2C1Br. The number of rotatable bonds is 0. The van der Waals surface area contributed by atoms with Crippen LogP contribution in [0.25, 0.3) is 0 Å². The van der Waals surface area contributed by atoms with Gasteiger partial charge >= 0.3 is 0 Å². The smallest absolute Gasteiger partial charge is 0.176 e. The molecule has 1 heterocycles. The molecule has 0 aromatic heterocycles. The monoisotopic (exact) mass is 240 g/mol. The number of alkyl halides is 1. The first-order valence-corrected chi connectivity index (χ1v) is 5.03. The van der Waals surface area contributed by atoms with Gasteiger partial charge in [-0.3, -0.25) is 4.79 Å². The molecule has 3 heteroatoms. The Morgan fingerprint density at radius 1 is 1.31 bits per heavy atom. The van der Waals surface area contributed by atoms with Crippen LogP contribution in [0.1, 0.15) is 16.0 Å². The van der Waals surface area contributed by atoms with E-state index in [1.807, 2.05) is 24.3 Å². The number of carbonyl (C=O) groups is 1. The van der Waals surface area contributed by atoms with Crippen LogP contribution < -0.4 is 0 Å². The van der Waals surface area contributed by atoms with Crippen LogP contribution in [0.3, 0.4) is 0 Å². The molecule has 1 aliphatic heterocycles. The molecule has 1 aromatic carbocycles. The van der Waals surface area contributed by atoms with Crippen LogP contribution in [0.5, 0.6) is 0 Å². The van der Waals surface area contributed by atoms with E-state index in [-0.39, 0.29) is 17.2 Å². The minimum Gasteiger partial charge on any atom is -0.369 e. The zero-order valence-corrected chi connectivity index (χ0v) is 8.58. The van der Waals surface area contributed by atoms with Crippen molar-refractivity contribution < 1.29 is 9.53 Å². The van der Waals surface area contributed by atoms with Crippen LogP contribution in [0.15, 0.2) is 24.3 Å². The second kappa shape index (κ2) is 3.60. The molecule has 1 atom stereocenters. The Hall–Kier alpha value is -0.670. The summed E-state index contributed by atoms with van der Waals surface area (Å²) in [5.41, 5.74) is 2.13. The fraction of sp³-hybridized carbons (Fsp3) is 0.300. The third kappa shape index (κ3) is 1.67. The molecule has 0 fully saturated rings. The van der Waals surface area contributed by atoms with E-state index in [2.05, 4.69) is 15.9 Å². The van der Waals surface area contributed by atoms with Crippen molar-refractivity contribution in [1.29, 1.82) is 0 Å². The Morgan fingerprint density at radius 2 is 2.08 bits per heavy atom. The van der Waals surface area contributed by atoms with E-state index in [1.165, 1.54) is 0 Å². The first-order valence-electron chi connectivity index (χ1n) is 4.11. The molecule has 1 aliphatic rings. The van der Waals surface area contributed by atoms with Crippen LogP contribution in [-0.4, -0.2) is 12.4 Å². The summed E-state index contributed by atoms with van der Waals surface area (Å²) in [5, 5.41) is 0. The summed E-state index contributed by atoms with van der Waals surface area (Å²) in [6.45, 7) is 0.731. The molecule has 0 radical (unpaired) electrons. The highest BCUT2D eigenvalue weighted by molar-refractivity contribution is 9.09. The van der Waals surface area contributed by atoms with Gasteiger partial charge in [-0.25, -0.2) is 0 Å². The Labute approximate surface area is 85.0 Å². The summed E-state index contributed by atoms with van der Waals surface area (Å²) in [7, 11) is 0. The number of benzene rings is 1. The zero-order valence-electron chi connectivity index (χ0n) is 7.00.